The molecule has 3 aromatic rings. The molecule has 0 aliphatic heterocycles. The summed E-state index contributed by atoms with van der Waals surface area (Å²) in [6.07, 6.45) is 1.37. The predicted octanol–water partition coefficient (Wildman–Crippen LogP) is 4.24. The van der Waals surface area contributed by atoms with E-state index in [2.05, 4.69) is 20.9 Å². The van der Waals surface area contributed by atoms with E-state index in [-0.39, 0.29) is 11.2 Å². The second kappa shape index (κ2) is 6.89. The summed E-state index contributed by atoms with van der Waals surface area (Å²) in [4.78, 5) is 17.4. The fourth-order valence-electron chi connectivity index (χ4n) is 1.99. The maximum Gasteiger partial charge on any atom is 0.227 e. The first-order chi connectivity index (χ1) is 10.8. The van der Waals surface area contributed by atoms with Gasteiger partial charge in [-0.15, -0.1) is 11.3 Å². The highest BCUT2D eigenvalue weighted by atomic mass is 79.9. The second-order valence-electron chi connectivity index (χ2n) is 4.48. The number of hydrogen-bond acceptors (Lipinski definition) is 5. The average Bonchev–Trinajstić information content (AvgIpc) is 3.03. The summed E-state index contributed by atoms with van der Waals surface area (Å²) in [5, 5.41) is 0.643. The molecule has 0 amide bonds. The number of rotatable bonds is 5. The van der Waals surface area contributed by atoms with Crippen LogP contribution in [-0.2, 0) is 11.9 Å². The number of thiazole rings is 1. The first-order valence-electron chi connectivity index (χ1n) is 6.57. The van der Waals surface area contributed by atoms with Gasteiger partial charge in [0, 0.05) is 16.3 Å². The van der Waals surface area contributed by atoms with Gasteiger partial charge in [-0.1, -0.05) is 46.3 Å². The van der Waals surface area contributed by atoms with Crippen LogP contribution in [0.1, 0.15) is 10.4 Å². The van der Waals surface area contributed by atoms with Crippen molar-refractivity contribution in [3.05, 3.63) is 68.8 Å². The number of halogens is 1. The number of hydrogen-bond donors (Lipinski definition) is 0. The molecular weight excluding hydrogens is 366 g/mol. The van der Waals surface area contributed by atoms with Crippen LogP contribution in [0.2, 0.25) is 0 Å². The van der Waals surface area contributed by atoms with Crippen LogP contribution in [0, 0.1) is 0 Å². The molecule has 0 saturated heterocycles. The van der Waals surface area contributed by atoms with E-state index >= 15 is 0 Å². The molecule has 0 saturated carbocycles. The van der Waals surface area contributed by atoms with Crippen molar-refractivity contribution in [2.24, 2.45) is 0 Å². The van der Waals surface area contributed by atoms with Crippen LogP contribution in [0.5, 0.6) is 5.75 Å². The predicted molar refractivity (Wildman–Crippen MR) is 89.5 cm³/mol. The van der Waals surface area contributed by atoms with Crippen LogP contribution in [-0.4, -0.2) is 4.98 Å². The van der Waals surface area contributed by atoms with E-state index in [4.69, 9.17) is 9.15 Å². The standard InChI is InChI=1S/C16H12BrNO3S/c17-8-13-14(18-10-22-13)16-15(12(19)6-7-20-16)21-9-11-4-2-1-3-5-11/h1-7,10H,8-9H2. The van der Waals surface area contributed by atoms with Crippen molar-refractivity contribution < 1.29 is 9.15 Å². The van der Waals surface area contributed by atoms with Crippen LogP contribution in [0.25, 0.3) is 11.5 Å². The highest BCUT2D eigenvalue weighted by Gasteiger charge is 2.18. The van der Waals surface area contributed by atoms with Gasteiger partial charge in [-0.05, 0) is 5.56 Å². The van der Waals surface area contributed by atoms with Crippen molar-refractivity contribution in [2.45, 2.75) is 11.9 Å². The fraction of sp³-hybridized carbons (Fsp3) is 0.125. The largest absolute Gasteiger partial charge is 0.481 e. The molecule has 6 heteroatoms. The molecule has 0 aliphatic carbocycles. The molecule has 22 heavy (non-hydrogen) atoms. The molecule has 0 aliphatic rings. The normalized spacial score (nSPS) is 10.6. The summed E-state index contributed by atoms with van der Waals surface area (Å²) in [7, 11) is 0. The first-order valence-corrected chi connectivity index (χ1v) is 8.57. The molecule has 112 valence electrons. The quantitative estimate of drug-likeness (QED) is 0.624. The van der Waals surface area contributed by atoms with E-state index < -0.39 is 0 Å². The highest BCUT2D eigenvalue weighted by Crippen LogP contribution is 2.32. The highest BCUT2D eigenvalue weighted by molar-refractivity contribution is 9.08. The molecule has 0 fully saturated rings. The van der Waals surface area contributed by atoms with E-state index in [1.54, 1.807) is 5.51 Å². The van der Waals surface area contributed by atoms with Crippen molar-refractivity contribution in [3.8, 4) is 17.2 Å². The lowest BCUT2D eigenvalue weighted by atomic mass is 10.2. The molecule has 0 N–H and O–H groups in total. The Balaban J connectivity index is 1.95. The third kappa shape index (κ3) is 3.13. The minimum atomic E-state index is -0.217. The Morgan fingerprint density at radius 2 is 2.05 bits per heavy atom. The zero-order valence-corrected chi connectivity index (χ0v) is 13.9. The van der Waals surface area contributed by atoms with E-state index in [0.29, 0.717) is 23.4 Å². The second-order valence-corrected chi connectivity index (χ2v) is 5.98. The minimum absolute atomic E-state index is 0.194. The van der Waals surface area contributed by atoms with E-state index in [0.717, 1.165) is 10.4 Å². The molecule has 0 atom stereocenters. The summed E-state index contributed by atoms with van der Waals surface area (Å²) in [6, 6.07) is 11.0. The smallest absolute Gasteiger partial charge is 0.227 e. The zero-order chi connectivity index (χ0) is 15.4. The number of alkyl halides is 1. The molecule has 3 rings (SSSR count). The van der Waals surface area contributed by atoms with Gasteiger partial charge < -0.3 is 9.15 Å². The third-order valence-corrected chi connectivity index (χ3v) is 4.80. The maximum atomic E-state index is 12.1. The lowest BCUT2D eigenvalue weighted by Crippen LogP contribution is -2.08. The van der Waals surface area contributed by atoms with Gasteiger partial charge in [-0.25, -0.2) is 4.98 Å². The maximum absolute atomic E-state index is 12.1. The molecule has 0 radical (unpaired) electrons. The fourth-order valence-corrected chi connectivity index (χ4v) is 3.25. The van der Waals surface area contributed by atoms with Crippen molar-refractivity contribution >= 4 is 27.3 Å². The van der Waals surface area contributed by atoms with Crippen LogP contribution >= 0.6 is 27.3 Å². The molecule has 0 spiro atoms. The molecule has 0 unspecified atom stereocenters. The van der Waals surface area contributed by atoms with Gasteiger partial charge in [0.05, 0.1) is 11.8 Å². The van der Waals surface area contributed by atoms with Crippen molar-refractivity contribution in [1.29, 1.82) is 0 Å². The zero-order valence-electron chi connectivity index (χ0n) is 11.5. The summed E-state index contributed by atoms with van der Waals surface area (Å²) in [5.74, 6) is 0.568. The summed E-state index contributed by atoms with van der Waals surface area (Å²) in [5.41, 5.74) is 3.13. The Bertz CT molecular complexity index is 814. The minimum Gasteiger partial charge on any atom is -0.481 e. The number of ether oxygens (including phenoxy) is 1. The monoisotopic (exact) mass is 377 g/mol. The summed E-state index contributed by atoms with van der Waals surface area (Å²) in [6.45, 7) is 0.302. The van der Waals surface area contributed by atoms with Gasteiger partial charge in [0.1, 0.15) is 12.3 Å². The van der Waals surface area contributed by atoms with E-state index in [1.807, 2.05) is 30.3 Å². The van der Waals surface area contributed by atoms with Gasteiger partial charge in [0.2, 0.25) is 11.2 Å². The Labute approximate surface area is 139 Å². The molecule has 1 aromatic carbocycles. The summed E-state index contributed by atoms with van der Waals surface area (Å²) < 4.78 is 11.2. The number of benzene rings is 1. The lowest BCUT2D eigenvalue weighted by molar-refractivity contribution is 0.295. The summed E-state index contributed by atoms with van der Waals surface area (Å²) >= 11 is 4.91. The number of nitrogens with zero attached hydrogens (tertiary/aromatic N) is 1. The molecule has 2 heterocycles. The lowest BCUT2D eigenvalue weighted by Gasteiger charge is -2.09. The molecular formula is C16H12BrNO3S. The van der Waals surface area contributed by atoms with Gasteiger partial charge in [-0.3, -0.25) is 4.79 Å². The van der Waals surface area contributed by atoms with Crippen LogP contribution in [0.4, 0.5) is 0 Å². The van der Waals surface area contributed by atoms with Gasteiger partial charge >= 0.3 is 0 Å². The Morgan fingerprint density at radius 1 is 1.23 bits per heavy atom. The first kappa shape index (κ1) is 15.0. The average molecular weight is 378 g/mol. The Kier molecular flexibility index (Phi) is 4.70. The van der Waals surface area contributed by atoms with Gasteiger partial charge in [0.15, 0.2) is 5.76 Å². The van der Waals surface area contributed by atoms with E-state index in [9.17, 15) is 4.79 Å². The SMILES string of the molecule is O=c1ccoc(-c2ncsc2CBr)c1OCc1ccccc1. The molecule has 0 bridgehead atoms. The number of aromatic nitrogens is 1. The van der Waals surface area contributed by atoms with E-state index in [1.165, 1.54) is 23.7 Å². The van der Waals surface area contributed by atoms with Crippen molar-refractivity contribution in [1.82, 2.24) is 4.98 Å². The van der Waals surface area contributed by atoms with Crippen LogP contribution in [0.3, 0.4) is 0 Å². The van der Waals surface area contributed by atoms with Gasteiger partial charge in [0.25, 0.3) is 0 Å². The van der Waals surface area contributed by atoms with Crippen molar-refractivity contribution in [3.63, 3.8) is 0 Å². The van der Waals surface area contributed by atoms with Crippen LogP contribution < -0.4 is 10.2 Å². The Morgan fingerprint density at radius 3 is 2.82 bits per heavy atom. The van der Waals surface area contributed by atoms with Gasteiger partial charge in [-0.2, -0.15) is 0 Å². The van der Waals surface area contributed by atoms with Crippen molar-refractivity contribution in [2.75, 3.05) is 0 Å². The molecule has 4 nitrogen and oxygen atoms in total. The third-order valence-electron chi connectivity index (χ3n) is 3.04. The topological polar surface area (TPSA) is 52.3 Å². The molecule has 2 aromatic heterocycles. The van der Waals surface area contributed by atoms with Crippen LogP contribution in [0.15, 0.2) is 57.4 Å². The Hall–Kier alpha value is -1.92.